The summed E-state index contributed by atoms with van der Waals surface area (Å²) in [6, 6.07) is 10.3. The number of thioether (sulfide) groups is 1. The lowest BCUT2D eigenvalue weighted by atomic mass is 10.0. The van der Waals surface area contributed by atoms with Gasteiger partial charge in [0.25, 0.3) is 0 Å². The van der Waals surface area contributed by atoms with Crippen LogP contribution in [0.4, 0.5) is 4.39 Å². The zero-order valence-corrected chi connectivity index (χ0v) is 14.6. The van der Waals surface area contributed by atoms with Crippen molar-refractivity contribution >= 4 is 22.7 Å². The van der Waals surface area contributed by atoms with Crippen LogP contribution in [0.3, 0.4) is 0 Å². The third-order valence-electron chi connectivity index (χ3n) is 4.15. The van der Waals surface area contributed by atoms with Crippen LogP contribution in [0, 0.1) is 6.92 Å². The van der Waals surface area contributed by atoms with Gasteiger partial charge in [0.1, 0.15) is 5.83 Å². The summed E-state index contributed by atoms with van der Waals surface area (Å²) in [5, 5.41) is 1.13. The van der Waals surface area contributed by atoms with Gasteiger partial charge in [-0.15, -0.1) is 11.8 Å². The van der Waals surface area contributed by atoms with Gasteiger partial charge in [-0.2, -0.15) is 0 Å². The summed E-state index contributed by atoms with van der Waals surface area (Å²) < 4.78 is 16.1. The van der Waals surface area contributed by atoms with Crippen LogP contribution in [-0.4, -0.2) is 22.4 Å². The maximum atomic E-state index is 14.1. The van der Waals surface area contributed by atoms with Gasteiger partial charge in [0, 0.05) is 46.0 Å². The molecule has 2 aromatic heterocycles. The molecule has 2 heterocycles. The first kappa shape index (κ1) is 16.7. The van der Waals surface area contributed by atoms with Crippen molar-refractivity contribution in [2.45, 2.75) is 18.4 Å². The van der Waals surface area contributed by atoms with Crippen LogP contribution < -0.4 is 5.73 Å². The molecule has 3 nitrogen and oxygen atoms in total. The monoisotopic (exact) mass is 341 g/mol. The molecule has 0 aliphatic heterocycles. The minimum atomic E-state index is -0.215. The number of pyridine rings is 1. The van der Waals surface area contributed by atoms with Gasteiger partial charge >= 0.3 is 0 Å². The highest BCUT2D eigenvalue weighted by Gasteiger charge is 2.16. The minimum absolute atomic E-state index is 0.198. The molecule has 0 amide bonds. The van der Waals surface area contributed by atoms with Gasteiger partial charge in [0.2, 0.25) is 0 Å². The molecule has 3 aromatic rings. The predicted octanol–water partition coefficient (Wildman–Crippen LogP) is 4.55. The summed E-state index contributed by atoms with van der Waals surface area (Å²) in [7, 11) is 0. The second-order valence-corrected chi connectivity index (χ2v) is 6.43. The molecule has 0 unspecified atom stereocenters. The van der Waals surface area contributed by atoms with Gasteiger partial charge < -0.3 is 10.3 Å². The van der Waals surface area contributed by atoms with E-state index in [-0.39, 0.29) is 18.9 Å². The number of benzene rings is 1. The Morgan fingerprint density at radius 2 is 2.04 bits per heavy atom. The Hall–Kier alpha value is -2.11. The zero-order chi connectivity index (χ0) is 17.1. The number of hydrogen-bond acceptors (Lipinski definition) is 3. The van der Waals surface area contributed by atoms with Crippen LogP contribution in [0.2, 0.25) is 0 Å². The molecule has 0 radical (unpaired) electrons. The first-order chi connectivity index (χ1) is 11.7. The van der Waals surface area contributed by atoms with Crippen molar-refractivity contribution < 1.29 is 4.39 Å². The van der Waals surface area contributed by atoms with E-state index in [1.54, 1.807) is 24.2 Å². The third-order valence-corrected chi connectivity index (χ3v) is 4.87. The molecule has 0 atom stereocenters. The van der Waals surface area contributed by atoms with E-state index in [1.165, 1.54) is 11.0 Å². The number of rotatable bonds is 5. The van der Waals surface area contributed by atoms with Crippen LogP contribution in [0.25, 0.3) is 22.0 Å². The molecule has 5 heteroatoms. The fraction of sp³-hybridized carbons (Fsp3) is 0.211. The summed E-state index contributed by atoms with van der Waals surface area (Å²) in [5.41, 5.74) is 9.71. The molecule has 0 aliphatic rings. The molecule has 0 saturated carbocycles. The molecule has 0 saturated heterocycles. The number of aromatic nitrogens is 2. The molecular formula is C19H20FN3S. The Morgan fingerprint density at radius 3 is 2.71 bits per heavy atom. The van der Waals surface area contributed by atoms with E-state index < -0.39 is 0 Å². The molecule has 3 rings (SSSR count). The normalized spacial score (nSPS) is 12.1. The van der Waals surface area contributed by atoms with Gasteiger partial charge in [0.05, 0.1) is 6.54 Å². The molecule has 0 aliphatic carbocycles. The molecular weight excluding hydrogens is 321 g/mol. The topological polar surface area (TPSA) is 43.8 Å². The number of fused-ring (bicyclic) bond motifs is 1. The van der Waals surface area contributed by atoms with Crippen molar-refractivity contribution in [2.75, 3.05) is 12.8 Å². The lowest BCUT2D eigenvalue weighted by molar-refractivity contribution is 0.555. The Balaban J connectivity index is 2.26. The van der Waals surface area contributed by atoms with E-state index in [1.807, 2.05) is 23.6 Å². The Kier molecular flexibility index (Phi) is 5.02. The standard InChI is InChI=1S/C19H20FN3S/c1-13-19(14-6-9-22-10-7-14)17-11-16(24-2)3-4-18(17)23(13)12-15(20)5-8-21/h3-7,9-11H,8,12,21H2,1-2H3/b15-5-. The average molecular weight is 341 g/mol. The van der Waals surface area contributed by atoms with Crippen molar-refractivity contribution in [1.29, 1.82) is 0 Å². The van der Waals surface area contributed by atoms with Gasteiger partial charge in [-0.1, -0.05) is 0 Å². The number of hydrogen-bond donors (Lipinski definition) is 1. The maximum Gasteiger partial charge on any atom is 0.117 e. The summed E-state index contributed by atoms with van der Waals surface area (Å²) in [6.45, 7) is 2.44. The smallest absolute Gasteiger partial charge is 0.117 e. The lowest BCUT2D eigenvalue weighted by Crippen LogP contribution is -2.03. The highest BCUT2D eigenvalue weighted by atomic mass is 32.2. The van der Waals surface area contributed by atoms with E-state index in [4.69, 9.17) is 5.73 Å². The zero-order valence-electron chi connectivity index (χ0n) is 13.8. The van der Waals surface area contributed by atoms with Crippen molar-refractivity contribution in [1.82, 2.24) is 9.55 Å². The molecule has 0 spiro atoms. The van der Waals surface area contributed by atoms with Crippen LogP contribution in [0.15, 0.2) is 59.5 Å². The first-order valence-corrected chi connectivity index (χ1v) is 9.00. The number of allylic oxidation sites excluding steroid dienone is 1. The van der Waals surface area contributed by atoms with E-state index >= 15 is 0 Å². The average Bonchev–Trinajstić information content (AvgIpc) is 2.87. The Labute approximate surface area is 145 Å². The second-order valence-electron chi connectivity index (χ2n) is 5.55. The van der Waals surface area contributed by atoms with E-state index in [2.05, 4.69) is 29.4 Å². The van der Waals surface area contributed by atoms with Crippen LogP contribution in [0.5, 0.6) is 0 Å². The second kappa shape index (κ2) is 7.20. The van der Waals surface area contributed by atoms with E-state index in [9.17, 15) is 4.39 Å². The fourth-order valence-corrected chi connectivity index (χ4v) is 3.46. The number of nitrogens with zero attached hydrogens (tertiary/aromatic N) is 2. The molecule has 1 aromatic carbocycles. The molecule has 124 valence electrons. The van der Waals surface area contributed by atoms with Crippen molar-refractivity contribution in [2.24, 2.45) is 5.73 Å². The molecule has 24 heavy (non-hydrogen) atoms. The first-order valence-electron chi connectivity index (χ1n) is 7.77. The van der Waals surface area contributed by atoms with Gasteiger partial charge in [-0.3, -0.25) is 4.98 Å². The third kappa shape index (κ3) is 3.09. The minimum Gasteiger partial charge on any atom is -0.337 e. The summed E-state index contributed by atoms with van der Waals surface area (Å²) in [5.74, 6) is -0.215. The molecule has 0 bridgehead atoms. The SMILES string of the molecule is CSc1ccc2c(c1)c(-c1ccncc1)c(C)n2C/C(F)=C/CN. The van der Waals surface area contributed by atoms with Gasteiger partial charge in [0.15, 0.2) is 0 Å². The molecule has 0 fully saturated rings. The number of nitrogens with two attached hydrogens (primary N) is 1. The largest absolute Gasteiger partial charge is 0.337 e. The summed E-state index contributed by atoms with van der Waals surface area (Å²) in [6.07, 6.45) is 7.05. The van der Waals surface area contributed by atoms with Crippen molar-refractivity contribution in [3.05, 3.63) is 60.3 Å². The van der Waals surface area contributed by atoms with Crippen LogP contribution in [-0.2, 0) is 6.54 Å². The van der Waals surface area contributed by atoms with Gasteiger partial charge in [-0.25, -0.2) is 4.39 Å². The van der Waals surface area contributed by atoms with E-state index in [0.717, 1.165) is 27.7 Å². The Bertz CT molecular complexity index is 885. The van der Waals surface area contributed by atoms with Gasteiger partial charge in [-0.05, 0) is 55.2 Å². The maximum absolute atomic E-state index is 14.1. The summed E-state index contributed by atoms with van der Waals surface area (Å²) in [4.78, 5) is 5.29. The Morgan fingerprint density at radius 1 is 1.29 bits per heavy atom. The van der Waals surface area contributed by atoms with Crippen LogP contribution in [0.1, 0.15) is 5.69 Å². The highest BCUT2D eigenvalue weighted by Crippen LogP contribution is 2.36. The van der Waals surface area contributed by atoms with E-state index in [0.29, 0.717) is 0 Å². The molecule has 2 N–H and O–H groups in total. The summed E-state index contributed by atoms with van der Waals surface area (Å²) >= 11 is 1.70. The highest BCUT2D eigenvalue weighted by molar-refractivity contribution is 7.98. The number of halogens is 1. The quantitative estimate of drug-likeness (QED) is 0.693. The lowest BCUT2D eigenvalue weighted by Gasteiger charge is -2.07. The fourth-order valence-electron chi connectivity index (χ4n) is 3.02. The predicted molar refractivity (Wildman–Crippen MR) is 99.9 cm³/mol. The van der Waals surface area contributed by atoms with Crippen LogP contribution >= 0.6 is 11.8 Å². The van der Waals surface area contributed by atoms with Crippen molar-refractivity contribution in [3.8, 4) is 11.1 Å². The van der Waals surface area contributed by atoms with Crippen molar-refractivity contribution in [3.63, 3.8) is 0 Å².